The van der Waals surface area contributed by atoms with Crippen LogP contribution >= 0.6 is 0 Å². The average Bonchev–Trinajstić information content (AvgIpc) is 2.77. The van der Waals surface area contributed by atoms with Gasteiger partial charge >= 0.3 is 0 Å². The summed E-state index contributed by atoms with van der Waals surface area (Å²) >= 11 is 0. The molecule has 0 bridgehead atoms. The summed E-state index contributed by atoms with van der Waals surface area (Å²) in [7, 11) is 4.18. The zero-order valence-corrected chi connectivity index (χ0v) is 11.5. The predicted octanol–water partition coefficient (Wildman–Crippen LogP) is -0.805. The quantitative estimate of drug-likeness (QED) is 0.671. The zero-order valence-electron chi connectivity index (χ0n) is 11.5. The third kappa shape index (κ3) is 4.04. The van der Waals surface area contributed by atoms with Gasteiger partial charge in [-0.05, 0) is 7.05 Å². The van der Waals surface area contributed by atoms with Crippen molar-refractivity contribution >= 4 is 0 Å². The van der Waals surface area contributed by atoms with E-state index in [1.807, 2.05) is 11.6 Å². The second-order valence-corrected chi connectivity index (χ2v) is 5.00. The summed E-state index contributed by atoms with van der Waals surface area (Å²) in [6.07, 6.45) is 2.69. The van der Waals surface area contributed by atoms with E-state index in [9.17, 15) is 0 Å². The second kappa shape index (κ2) is 6.82. The molecule has 0 amide bonds. The van der Waals surface area contributed by atoms with Crippen LogP contribution in [0.3, 0.4) is 0 Å². The Morgan fingerprint density at radius 3 is 2.61 bits per heavy atom. The van der Waals surface area contributed by atoms with Crippen molar-refractivity contribution < 1.29 is 0 Å². The molecular formula is C12H24N6. The molecule has 1 saturated heterocycles. The summed E-state index contributed by atoms with van der Waals surface area (Å²) in [5.41, 5.74) is 0. The van der Waals surface area contributed by atoms with Gasteiger partial charge in [0.05, 0.1) is 0 Å². The summed E-state index contributed by atoms with van der Waals surface area (Å²) in [6.45, 7) is 7.95. The van der Waals surface area contributed by atoms with Gasteiger partial charge in [0, 0.05) is 59.3 Å². The number of nitrogens with zero attached hydrogens (tertiary/aromatic N) is 5. The molecule has 1 aliphatic heterocycles. The van der Waals surface area contributed by atoms with Crippen LogP contribution in [0.25, 0.3) is 0 Å². The van der Waals surface area contributed by atoms with Crippen LogP contribution in [0.15, 0.2) is 6.33 Å². The van der Waals surface area contributed by atoms with Crippen LogP contribution in [0.4, 0.5) is 0 Å². The molecule has 0 aliphatic carbocycles. The maximum atomic E-state index is 4.07. The van der Waals surface area contributed by atoms with Crippen molar-refractivity contribution in [3.8, 4) is 0 Å². The number of rotatable bonds is 6. The molecule has 2 rings (SSSR count). The molecule has 0 saturated carbocycles. The first-order chi connectivity index (χ1) is 8.75. The first-order valence-electron chi connectivity index (χ1n) is 6.70. The Morgan fingerprint density at radius 2 is 1.94 bits per heavy atom. The van der Waals surface area contributed by atoms with Gasteiger partial charge in [0.15, 0.2) is 0 Å². The number of hydrogen-bond donors (Lipinski definition) is 1. The van der Waals surface area contributed by atoms with Gasteiger partial charge in [-0.2, -0.15) is 0 Å². The fourth-order valence-corrected chi connectivity index (χ4v) is 2.17. The van der Waals surface area contributed by atoms with Crippen molar-refractivity contribution in [3.63, 3.8) is 0 Å². The van der Waals surface area contributed by atoms with Crippen molar-refractivity contribution in [3.05, 3.63) is 12.2 Å². The van der Waals surface area contributed by atoms with E-state index in [4.69, 9.17) is 0 Å². The number of piperazine rings is 1. The highest BCUT2D eigenvalue weighted by Gasteiger charge is 2.12. The molecule has 1 N–H and O–H groups in total. The second-order valence-electron chi connectivity index (χ2n) is 5.00. The number of nitrogens with one attached hydrogen (secondary N) is 1. The third-order valence-electron chi connectivity index (χ3n) is 3.53. The first-order valence-corrected chi connectivity index (χ1v) is 6.70. The minimum atomic E-state index is 0.944. The molecule has 0 unspecified atom stereocenters. The Bertz CT molecular complexity index is 342. The maximum absolute atomic E-state index is 4.07. The van der Waals surface area contributed by atoms with E-state index in [1.165, 1.54) is 26.2 Å². The largest absolute Gasteiger partial charge is 0.321 e. The molecule has 0 spiro atoms. The Balaban J connectivity index is 1.53. The standard InChI is InChI=1S/C12H24N6/c1-16-7-9-18(10-8-16)6-5-13-4-3-12-15-14-11-17(12)2/h11,13H,3-10H2,1-2H3. The number of hydrogen-bond acceptors (Lipinski definition) is 5. The Kier molecular flexibility index (Phi) is 5.10. The van der Waals surface area contributed by atoms with E-state index in [2.05, 4.69) is 32.4 Å². The van der Waals surface area contributed by atoms with Crippen molar-refractivity contribution in [2.24, 2.45) is 7.05 Å². The van der Waals surface area contributed by atoms with E-state index in [-0.39, 0.29) is 0 Å². The highest BCUT2D eigenvalue weighted by molar-refractivity contribution is 4.84. The summed E-state index contributed by atoms with van der Waals surface area (Å²) in [6, 6.07) is 0. The maximum Gasteiger partial charge on any atom is 0.133 e. The Labute approximate surface area is 109 Å². The molecule has 1 aliphatic rings. The van der Waals surface area contributed by atoms with Crippen molar-refractivity contribution in [1.29, 1.82) is 0 Å². The molecule has 2 heterocycles. The predicted molar refractivity (Wildman–Crippen MR) is 71.5 cm³/mol. The molecule has 18 heavy (non-hydrogen) atoms. The molecular weight excluding hydrogens is 228 g/mol. The molecule has 1 fully saturated rings. The Morgan fingerprint density at radius 1 is 1.17 bits per heavy atom. The normalized spacial score (nSPS) is 18.3. The van der Waals surface area contributed by atoms with Gasteiger partial charge in [-0.1, -0.05) is 0 Å². The highest BCUT2D eigenvalue weighted by Crippen LogP contribution is 1.97. The number of likely N-dealkylation sites (N-methyl/N-ethyl adjacent to an activating group) is 1. The number of aromatic nitrogens is 3. The van der Waals surface area contributed by atoms with Crippen LogP contribution in [0.5, 0.6) is 0 Å². The minimum absolute atomic E-state index is 0.944. The molecule has 0 atom stereocenters. The van der Waals surface area contributed by atoms with Gasteiger partial charge in [-0.25, -0.2) is 0 Å². The van der Waals surface area contributed by atoms with E-state index < -0.39 is 0 Å². The van der Waals surface area contributed by atoms with Gasteiger partial charge in [-0.15, -0.1) is 10.2 Å². The lowest BCUT2D eigenvalue weighted by Crippen LogP contribution is -2.46. The minimum Gasteiger partial charge on any atom is -0.321 e. The van der Waals surface area contributed by atoms with Crippen molar-refractivity contribution in [2.75, 3.05) is 52.9 Å². The van der Waals surface area contributed by atoms with Crippen LogP contribution < -0.4 is 5.32 Å². The van der Waals surface area contributed by atoms with Gasteiger partial charge in [0.25, 0.3) is 0 Å². The highest BCUT2D eigenvalue weighted by atomic mass is 15.3. The van der Waals surface area contributed by atoms with Gasteiger partial charge in [-0.3, -0.25) is 4.90 Å². The van der Waals surface area contributed by atoms with Gasteiger partial charge < -0.3 is 14.8 Å². The molecule has 0 aromatic carbocycles. The van der Waals surface area contributed by atoms with Crippen molar-refractivity contribution in [2.45, 2.75) is 6.42 Å². The zero-order chi connectivity index (χ0) is 12.8. The van der Waals surface area contributed by atoms with Crippen LogP contribution in [-0.4, -0.2) is 77.4 Å². The average molecular weight is 252 g/mol. The molecule has 6 nitrogen and oxygen atoms in total. The monoisotopic (exact) mass is 252 g/mol. The third-order valence-corrected chi connectivity index (χ3v) is 3.53. The lowest BCUT2D eigenvalue weighted by atomic mass is 10.3. The summed E-state index contributed by atoms with van der Waals surface area (Å²) in [5, 5.41) is 11.4. The van der Waals surface area contributed by atoms with Gasteiger partial charge in [0.2, 0.25) is 0 Å². The topological polar surface area (TPSA) is 49.2 Å². The fourth-order valence-electron chi connectivity index (χ4n) is 2.17. The molecule has 102 valence electrons. The van der Waals surface area contributed by atoms with Crippen LogP contribution in [0.1, 0.15) is 5.82 Å². The summed E-state index contributed by atoms with van der Waals surface area (Å²) < 4.78 is 1.97. The molecule has 0 radical (unpaired) electrons. The van der Waals surface area contributed by atoms with Gasteiger partial charge in [0.1, 0.15) is 12.2 Å². The van der Waals surface area contributed by atoms with E-state index in [0.717, 1.165) is 31.9 Å². The molecule has 1 aromatic rings. The number of aryl methyl sites for hydroxylation is 1. The molecule has 1 aromatic heterocycles. The molecule has 6 heteroatoms. The van der Waals surface area contributed by atoms with E-state index in [1.54, 1.807) is 6.33 Å². The van der Waals surface area contributed by atoms with E-state index >= 15 is 0 Å². The van der Waals surface area contributed by atoms with E-state index in [0.29, 0.717) is 0 Å². The lowest BCUT2D eigenvalue weighted by molar-refractivity contribution is 0.155. The lowest BCUT2D eigenvalue weighted by Gasteiger charge is -2.32. The first kappa shape index (κ1) is 13.5. The van der Waals surface area contributed by atoms with Crippen LogP contribution in [0, 0.1) is 0 Å². The van der Waals surface area contributed by atoms with Crippen LogP contribution in [-0.2, 0) is 13.5 Å². The Hall–Kier alpha value is -0.980. The summed E-state index contributed by atoms with van der Waals surface area (Å²) in [5.74, 6) is 1.04. The van der Waals surface area contributed by atoms with Crippen molar-refractivity contribution in [1.82, 2.24) is 29.9 Å². The van der Waals surface area contributed by atoms with Crippen LogP contribution in [0.2, 0.25) is 0 Å². The fraction of sp³-hybridized carbons (Fsp3) is 0.833. The smallest absolute Gasteiger partial charge is 0.133 e. The SMILES string of the molecule is CN1CCN(CCNCCc2nncn2C)CC1. The summed E-state index contributed by atoms with van der Waals surface area (Å²) in [4.78, 5) is 4.91.